The topological polar surface area (TPSA) is 38.3 Å². The van der Waals surface area contributed by atoms with Gasteiger partial charge in [0.05, 0.1) is 6.61 Å². The van der Waals surface area contributed by atoms with Gasteiger partial charge in [-0.2, -0.15) is 0 Å². The summed E-state index contributed by atoms with van der Waals surface area (Å²) in [4.78, 5) is 12.6. The number of hydrogen-bond acceptors (Lipinski definition) is 3. The number of ether oxygens (including phenoxy) is 1. The van der Waals surface area contributed by atoms with E-state index in [2.05, 4.69) is 21.2 Å². The van der Waals surface area contributed by atoms with E-state index >= 15 is 0 Å². The molecule has 0 unspecified atom stereocenters. The molecular weight excluding hydrogens is 330 g/mol. The highest BCUT2D eigenvalue weighted by molar-refractivity contribution is 9.10. The fourth-order valence-electron chi connectivity index (χ4n) is 2.97. The van der Waals surface area contributed by atoms with Crippen molar-refractivity contribution in [2.24, 2.45) is 0 Å². The zero-order chi connectivity index (χ0) is 15.1. The molecule has 3 nitrogen and oxygen atoms in total. The largest absolute Gasteiger partial charge is 0.464 e. The summed E-state index contributed by atoms with van der Waals surface area (Å²) in [6.45, 7) is 2.30. The van der Waals surface area contributed by atoms with Crippen LogP contribution in [0.3, 0.4) is 0 Å². The van der Waals surface area contributed by atoms with E-state index in [4.69, 9.17) is 4.74 Å². The lowest BCUT2D eigenvalue weighted by Gasteiger charge is -2.35. The molecule has 1 saturated carbocycles. The molecule has 0 aliphatic heterocycles. The monoisotopic (exact) mass is 353 g/mol. The molecule has 0 radical (unpaired) electrons. The molecule has 1 N–H and O–H groups in total. The number of rotatable bonds is 4. The molecule has 116 valence electrons. The SMILES string of the molecule is CCOC(=O)C1(Nc2ccc(Br)cc2)CCCCCCC1. The van der Waals surface area contributed by atoms with Crippen molar-refractivity contribution in [3.8, 4) is 0 Å². The molecule has 4 heteroatoms. The van der Waals surface area contributed by atoms with Gasteiger partial charge in [0, 0.05) is 10.2 Å². The second kappa shape index (κ2) is 7.83. The Balaban J connectivity index is 2.20. The smallest absolute Gasteiger partial charge is 0.331 e. The lowest BCUT2D eigenvalue weighted by Crippen LogP contribution is -2.48. The average Bonchev–Trinajstić information content (AvgIpc) is 2.44. The van der Waals surface area contributed by atoms with Crippen LogP contribution >= 0.6 is 15.9 Å². The summed E-state index contributed by atoms with van der Waals surface area (Å²) in [5.74, 6) is -0.102. The first-order valence-electron chi connectivity index (χ1n) is 7.87. The summed E-state index contributed by atoms with van der Waals surface area (Å²) in [7, 11) is 0. The zero-order valence-corrected chi connectivity index (χ0v) is 14.2. The van der Waals surface area contributed by atoms with Crippen LogP contribution in [0.5, 0.6) is 0 Å². The molecule has 2 rings (SSSR count). The first-order valence-corrected chi connectivity index (χ1v) is 8.66. The minimum atomic E-state index is -0.565. The van der Waals surface area contributed by atoms with Crippen LogP contribution in [0, 0.1) is 0 Å². The van der Waals surface area contributed by atoms with Crippen molar-refractivity contribution in [3.05, 3.63) is 28.7 Å². The number of nitrogens with one attached hydrogen (secondary N) is 1. The van der Waals surface area contributed by atoms with Crippen molar-refractivity contribution >= 4 is 27.6 Å². The van der Waals surface area contributed by atoms with Crippen LogP contribution in [0.15, 0.2) is 28.7 Å². The van der Waals surface area contributed by atoms with Crippen LogP contribution in [0.25, 0.3) is 0 Å². The maximum Gasteiger partial charge on any atom is 0.331 e. The minimum absolute atomic E-state index is 0.102. The number of hydrogen-bond donors (Lipinski definition) is 1. The number of esters is 1. The van der Waals surface area contributed by atoms with Gasteiger partial charge in [0.2, 0.25) is 0 Å². The van der Waals surface area contributed by atoms with Crippen molar-refractivity contribution in [1.29, 1.82) is 0 Å². The molecule has 1 aromatic carbocycles. The maximum atomic E-state index is 12.6. The molecule has 0 bridgehead atoms. The predicted octanol–water partition coefficient (Wildman–Crippen LogP) is 4.91. The lowest BCUT2D eigenvalue weighted by molar-refractivity contribution is -0.149. The molecule has 0 aromatic heterocycles. The van der Waals surface area contributed by atoms with E-state index in [-0.39, 0.29) is 5.97 Å². The van der Waals surface area contributed by atoms with Gasteiger partial charge in [-0.15, -0.1) is 0 Å². The third kappa shape index (κ3) is 4.47. The van der Waals surface area contributed by atoms with Gasteiger partial charge in [0.25, 0.3) is 0 Å². The molecule has 1 aliphatic rings. The van der Waals surface area contributed by atoms with Crippen LogP contribution in [0.4, 0.5) is 5.69 Å². The molecule has 1 fully saturated rings. The Labute approximate surface area is 135 Å². The molecule has 1 aromatic rings. The summed E-state index contributed by atoms with van der Waals surface area (Å²) < 4.78 is 6.40. The highest BCUT2D eigenvalue weighted by Gasteiger charge is 2.39. The van der Waals surface area contributed by atoms with Crippen molar-refractivity contribution < 1.29 is 9.53 Å². The summed E-state index contributed by atoms with van der Waals surface area (Å²) in [5.41, 5.74) is 0.413. The third-order valence-corrected chi connectivity index (χ3v) is 4.63. The van der Waals surface area contributed by atoms with Gasteiger partial charge in [-0.3, -0.25) is 0 Å². The van der Waals surface area contributed by atoms with Gasteiger partial charge in [-0.25, -0.2) is 4.79 Å². The molecular formula is C17H24BrNO2. The standard InChI is InChI=1S/C17H24BrNO2/c1-2-21-16(20)17(12-6-4-3-5-7-13-17)19-15-10-8-14(18)9-11-15/h8-11,19H,2-7,12-13H2,1H3. The van der Waals surface area contributed by atoms with E-state index in [1.54, 1.807) is 0 Å². The Kier molecular flexibility index (Phi) is 6.09. The molecule has 0 heterocycles. The summed E-state index contributed by atoms with van der Waals surface area (Å²) in [6, 6.07) is 7.99. The molecule has 21 heavy (non-hydrogen) atoms. The van der Waals surface area contributed by atoms with E-state index < -0.39 is 5.54 Å². The number of carbonyl (C=O) groups excluding carboxylic acids is 1. The van der Waals surface area contributed by atoms with Crippen molar-refractivity contribution in [2.45, 2.75) is 57.4 Å². The lowest BCUT2D eigenvalue weighted by atomic mass is 9.83. The number of halogens is 1. The van der Waals surface area contributed by atoms with Crippen molar-refractivity contribution in [2.75, 3.05) is 11.9 Å². The Morgan fingerprint density at radius 3 is 2.29 bits per heavy atom. The number of benzene rings is 1. The van der Waals surface area contributed by atoms with E-state index in [9.17, 15) is 4.79 Å². The Morgan fingerprint density at radius 2 is 1.71 bits per heavy atom. The highest BCUT2D eigenvalue weighted by atomic mass is 79.9. The maximum absolute atomic E-state index is 12.6. The van der Waals surface area contributed by atoms with E-state index in [0.717, 1.165) is 35.8 Å². The minimum Gasteiger partial charge on any atom is -0.464 e. The van der Waals surface area contributed by atoms with E-state index in [1.807, 2.05) is 31.2 Å². The van der Waals surface area contributed by atoms with Crippen LogP contribution in [-0.4, -0.2) is 18.1 Å². The van der Waals surface area contributed by atoms with Gasteiger partial charge in [-0.1, -0.05) is 48.0 Å². The van der Waals surface area contributed by atoms with E-state index in [1.165, 1.54) is 19.3 Å². The molecule has 0 spiro atoms. The van der Waals surface area contributed by atoms with Gasteiger partial charge in [0.15, 0.2) is 0 Å². The Hall–Kier alpha value is -1.03. The zero-order valence-electron chi connectivity index (χ0n) is 12.7. The summed E-state index contributed by atoms with van der Waals surface area (Å²) >= 11 is 3.44. The molecule has 0 saturated heterocycles. The number of carbonyl (C=O) groups is 1. The van der Waals surface area contributed by atoms with Crippen LogP contribution in [-0.2, 0) is 9.53 Å². The second-order valence-corrected chi connectivity index (χ2v) is 6.62. The van der Waals surface area contributed by atoms with Gasteiger partial charge >= 0.3 is 5.97 Å². The predicted molar refractivity (Wildman–Crippen MR) is 89.4 cm³/mol. The normalized spacial score (nSPS) is 18.4. The van der Waals surface area contributed by atoms with E-state index in [0.29, 0.717) is 6.61 Å². The quantitative estimate of drug-likeness (QED) is 0.781. The second-order valence-electron chi connectivity index (χ2n) is 5.70. The Bertz CT molecular complexity index is 450. The van der Waals surface area contributed by atoms with Gasteiger partial charge in [-0.05, 0) is 44.0 Å². The van der Waals surface area contributed by atoms with Crippen molar-refractivity contribution in [3.63, 3.8) is 0 Å². The first-order chi connectivity index (χ1) is 10.2. The van der Waals surface area contributed by atoms with Crippen LogP contribution in [0.1, 0.15) is 51.9 Å². The molecule has 0 atom stereocenters. The third-order valence-electron chi connectivity index (χ3n) is 4.10. The van der Waals surface area contributed by atoms with Gasteiger partial charge < -0.3 is 10.1 Å². The molecule has 0 amide bonds. The van der Waals surface area contributed by atoms with Crippen LogP contribution < -0.4 is 5.32 Å². The molecule has 1 aliphatic carbocycles. The fraction of sp³-hybridized carbons (Fsp3) is 0.588. The summed E-state index contributed by atoms with van der Waals surface area (Å²) in [6.07, 6.45) is 7.51. The average molecular weight is 354 g/mol. The van der Waals surface area contributed by atoms with Crippen LogP contribution in [0.2, 0.25) is 0 Å². The number of anilines is 1. The summed E-state index contributed by atoms with van der Waals surface area (Å²) in [5, 5.41) is 3.48. The Morgan fingerprint density at radius 1 is 1.14 bits per heavy atom. The highest BCUT2D eigenvalue weighted by Crippen LogP contribution is 2.31. The first kappa shape index (κ1) is 16.3. The fourth-order valence-corrected chi connectivity index (χ4v) is 3.23. The van der Waals surface area contributed by atoms with Gasteiger partial charge in [0.1, 0.15) is 5.54 Å². The van der Waals surface area contributed by atoms with Crippen molar-refractivity contribution in [1.82, 2.24) is 0 Å².